The Hall–Kier alpha value is -1.70. The van der Waals surface area contributed by atoms with Gasteiger partial charge in [-0.15, -0.1) is 0 Å². The molecule has 1 aliphatic heterocycles. The van der Waals surface area contributed by atoms with Crippen LogP contribution >= 0.6 is 23.2 Å². The first-order valence-corrected chi connectivity index (χ1v) is 7.91. The number of amides is 1. The van der Waals surface area contributed by atoms with Crippen molar-refractivity contribution in [2.45, 2.75) is 32.2 Å². The van der Waals surface area contributed by atoms with Crippen LogP contribution in [0.15, 0.2) is 30.0 Å². The fourth-order valence-corrected chi connectivity index (χ4v) is 2.85. The maximum Gasteiger partial charge on any atom is 0.267 e. The van der Waals surface area contributed by atoms with Gasteiger partial charge in [0.15, 0.2) is 0 Å². The fraction of sp³-hybridized carbons (Fsp3) is 0.375. The SMILES string of the molecule is CC1CCCCN1/C=C(/C#N)C(=O)Nc1ccc(Cl)cc1Cl. The van der Waals surface area contributed by atoms with Crippen LogP contribution in [0.1, 0.15) is 26.2 Å². The molecule has 1 fully saturated rings. The van der Waals surface area contributed by atoms with Gasteiger partial charge >= 0.3 is 0 Å². The normalized spacial score (nSPS) is 18.7. The molecule has 0 bridgehead atoms. The highest BCUT2D eigenvalue weighted by Crippen LogP contribution is 2.26. The van der Waals surface area contributed by atoms with Crippen LogP contribution in [0.25, 0.3) is 0 Å². The molecule has 0 radical (unpaired) electrons. The number of hydrogen-bond donors (Lipinski definition) is 1. The molecule has 1 saturated heterocycles. The predicted octanol–water partition coefficient (Wildman–Crippen LogP) is 4.21. The fourth-order valence-electron chi connectivity index (χ4n) is 2.40. The lowest BCUT2D eigenvalue weighted by Crippen LogP contribution is -2.34. The van der Waals surface area contributed by atoms with Gasteiger partial charge in [0.1, 0.15) is 11.6 Å². The van der Waals surface area contributed by atoms with E-state index < -0.39 is 5.91 Å². The highest BCUT2D eigenvalue weighted by Gasteiger charge is 2.18. The van der Waals surface area contributed by atoms with Gasteiger partial charge in [-0.2, -0.15) is 5.26 Å². The van der Waals surface area contributed by atoms with Crippen LogP contribution in [0.2, 0.25) is 10.0 Å². The number of nitrogens with zero attached hydrogens (tertiary/aromatic N) is 2. The van der Waals surface area contributed by atoms with E-state index in [4.69, 9.17) is 23.2 Å². The molecule has 0 aliphatic carbocycles. The number of piperidine rings is 1. The summed E-state index contributed by atoms with van der Waals surface area (Å²) in [4.78, 5) is 14.3. The van der Waals surface area contributed by atoms with E-state index in [2.05, 4.69) is 12.2 Å². The molecule has 116 valence electrons. The first kappa shape index (κ1) is 16.7. The molecule has 4 nitrogen and oxygen atoms in total. The van der Waals surface area contributed by atoms with Crippen LogP contribution in [0, 0.1) is 11.3 Å². The quantitative estimate of drug-likeness (QED) is 0.663. The van der Waals surface area contributed by atoms with E-state index in [0.717, 1.165) is 19.4 Å². The van der Waals surface area contributed by atoms with Gasteiger partial charge in [-0.25, -0.2) is 0 Å². The van der Waals surface area contributed by atoms with E-state index in [1.807, 2.05) is 11.0 Å². The van der Waals surface area contributed by atoms with Gasteiger partial charge in [-0.05, 0) is 44.4 Å². The zero-order valence-electron chi connectivity index (χ0n) is 12.3. The number of halogens is 2. The monoisotopic (exact) mass is 337 g/mol. The number of hydrogen-bond acceptors (Lipinski definition) is 3. The van der Waals surface area contributed by atoms with Crippen molar-refractivity contribution in [3.05, 3.63) is 40.0 Å². The Kier molecular flexibility index (Phi) is 5.70. The molecule has 1 amide bonds. The Morgan fingerprint density at radius 1 is 1.45 bits per heavy atom. The topological polar surface area (TPSA) is 56.1 Å². The lowest BCUT2D eigenvalue weighted by atomic mass is 10.0. The second kappa shape index (κ2) is 7.53. The second-order valence-corrected chi connectivity index (χ2v) is 6.16. The largest absolute Gasteiger partial charge is 0.373 e. The van der Waals surface area contributed by atoms with Crippen molar-refractivity contribution in [3.63, 3.8) is 0 Å². The third-order valence-electron chi connectivity index (χ3n) is 3.69. The van der Waals surface area contributed by atoms with Gasteiger partial charge in [0.25, 0.3) is 5.91 Å². The van der Waals surface area contributed by atoms with Crippen molar-refractivity contribution < 1.29 is 4.79 Å². The number of rotatable bonds is 3. The lowest BCUT2D eigenvalue weighted by Gasteiger charge is -2.32. The predicted molar refractivity (Wildman–Crippen MR) is 88.8 cm³/mol. The molecular weight excluding hydrogens is 321 g/mol. The maximum absolute atomic E-state index is 12.2. The average molecular weight is 338 g/mol. The van der Waals surface area contributed by atoms with Gasteiger partial charge < -0.3 is 10.2 Å². The van der Waals surface area contributed by atoms with E-state index in [9.17, 15) is 10.1 Å². The number of benzene rings is 1. The molecule has 1 heterocycles. The molecule has 2 rings (SSSR count). The van der Waals surface area contributed by atoms with E-state index in [0.29, 0.717) is 21.8 Å². The minimum Gasteiger partial charge on any atom is -0.373 e. The van der Waals surface area contributed by atoms with E-state index in [1.54, 1.807) is 24.4 Å². The summed E-state index contributed by atoms with van der Waals surface area (Å²) in [6.45, 7) is 2.96. The van der Waals surface area contributed by atoms with Crippen LogP contribution in [-0.4, -0.2) is 23.4 Å². The molecule has 1 unspecified atom stereocenters. The molecule has 1 aliphatic rings. The average Bonchev–Trinajstić information content (AvgIpc) is 2.49. The van der Waals surface area contributed by atoms with Gasteiger partial charge in [0.05, 0.1) is 10.7 Å². The third kappa shape index (κ3) is 4.16. The Morgan fingerprint density at radius 3 is 2.86 bits per heavy atom. The molecule has 6 heteroatoms. The van der Waals surface area contributed by atoms with Crippen molar-refractivity contribution in [2.75, 3.05) is 11.9 Å². The molecule has 22 heavy (non-hydrogen) atoms. The van der Waals surface area contributed by atoms with Crippen molar-refractivity contribution in [1.29, 1.82) is 5.26 Å². The molecular formula is C16H17Cl2N3O. The number of nitrogens with one attached hydrogen (secondary N) is 1. The summed E-state index contributed by atoms with van der Waals surface area (Å²) in [7, 11) is 0. The highest BCUT2D eigenvalue weighted by atomic mass is 35.5. The van der Waals surface area contributed by atoms with Crippen molar-refractivity contribution in [3.8, 4) is 6.07 Å². The van der Waals surface area contributed by atoms with Crippen LogP contribution in [0.3, 0.4) is 0 Å². The summed E-state index contributed by atoms with van der Waals surface area (Å²) < 4.78 is 0. The first-order chi connectivity index (χ1) is 10.5. The Balaban J connectivity index is 2.13. The summed E-state index contributed by atoms with van der Waals surface area (Å²) in [5, 5.41) is 12.7. The highest BCUT2D eigenvalue weighted by molar-refractivity contribution is 6.36. The van der Waals surface area contributed by atoms with Gasteiger partial charge in [0, 0.05) is 23.8 Å². The number of carbonyl (C=O) groups excluding carboxylic acids is 1. The van der Waals surface area contributed by atoms with E-state index in [-0.39, 0.29) is 5.57 Å². The molecule has 1 aromatic rings. The van der Waals surface area contributed by atoms with E-state index in [1.165, 1.54) is 6.42 Å². The molecule has 0 spiro atoms. The maximum atomic E-state index is 12.2. The minimum absolute atomic E-state index is 0.0692. The first-order valence-electron chi connectivity index (χ1n) is 7.15. The second-order valence-electron chi connectivity index (χ2n) is 5.32. The standard InChI is InChI=1S/C16H17Cl2N3O/c1-11-4-2-3-7-21(11)10-12(9-19)16(22)20-15-6-5-13(17)8-14(15)18/h5-6,8,10-11H,2-4,7H2,1H3,(H,20,22)/b12-10-. The van der Waals surface area contributed by atoms with Crippen LogP contribution in [0.5, 0.6) is 0 Å². The van der Waals surface area contributed by atoms with Crippen LogP contribution in [0.4, 0.5) is 5.69 Å². The lowest BCUT2D eigenvalue weighted by molar-refractivity contribution is -0.112. The van der Waals surface area contributed by atoms with Crippen LogP contribution < -0.4 is 5.32 Å². The zero-order valence-corrected chi connectivity index (χ0v) is 13.8. The Morgan fingerprint density at radius 2 is 2.23 bits per heavy atom. The van der Waals surface area contributed by atoms with Gasteiger partial charge in [-0.3, -0.25) is 4.79 Å². The smallest absolute Gasteiger partial charge is 0.267 e. The zero-order chi connectivity index (χ0) is 16.1. The Bertz CT molecular complexity index is 637. The summed E-state index contributed by atoms with van der Waals surface area (Å²) >= 11 is 11.8. The number of carbonyl (C=O) groups is 1. The van der Waals surface area contributed by atoms with Gasteiger partial charge in [0.2, 0.25) is 0 Å². The summed E-state index contributed by atoms with van der Waals surface area (Å²) in [5.74, 6) is -0.468. The van der Waals surface area contributed by atoms with Gasteiger partial charge in [-0.1, -0.05) is 23.2 Å². The van der Waals surface area contributed by atoms with Crippen LogP contribution in [-0.2, 0) is 4.79 Å². The minimum atomic E-state index is -0.468. The van der Waals surface area contributed by atoms with Crippen molar-refractivity contribution >= 4 is 34.8 Å². The third-order valence-corrected chi connectivity index (χ3v) is 4.24. The number of nitriles is 1. The molecule has 1 aromatic carbocycles. The van der Waals surface area contributed by atoms with Crippen molar-refractivity contribution in [2.24, 2.45) is 0 Å². The number of anilines is 1. The summed E-state index contributed by atoms with van der Waals surface area (Å²) in [6.07, 6.45) is 4.97. The molecule has 1 N–H and O–H groups in total. The van der Waals surface area contributed by atoms with E-state index >= 15 is 0 Å². The van der Waals surface area contributed by atoms with Crippen molar-refractivity contribution in [1.82, 2.24) is 4.90 Å². The molecule has 0 aromatic heterocycles. The molecule has 1 atom stereocenters. The summed E-state index contributed by atoms with van der Waals surface area (Å²) in [5.41, 5.74) is 0.503. The molecule has 0 saturated carbocycles. The Labute approximate surface area is 140 Å². The summed E-state index contributed by atoms with van der Waals surface area (Å²) in [6, 6.07) is 7.08. The number of likely N-dealkylation sites (tertiary alicyclic amines) is 1.